The van der Waals surface area contributed by atoms with Gasteiger partial charge in [-0.25, -0.2) is 4.79 Å². The topological polar surface area (TPSA) is 133 Å². The summed E-state index contributed by atoms with van der Waals surface area (Å²) in [5, 5.41) is 3.19. The Bertz CT molecular complexity index is 693. The standard InChI is InChI=1S/C14H21N3O7S2/c18-12(9-3-5-25-6-4-9)7-15-13(19)11-2-1-10-8-16(11)14(20)17(10)24-26(21,22)23/h9-11H,1-8H2,(H,15,19)(H,21,22,23)/t10-,11+/m1/s1. The molecule has 0 aliphatic carbocycles. The molecule has 10 nitrogen and oxygen atoms in total. The molecule has 0 radical (unpaired) electrons. The van der Waals surface area contributed by atoms with Gasteiger partial charge in [0, 0.05) is 12.5 Å². The summed E-state index contributed by atoms with van der Waals surface area (Å²) in [6.07, 6.45) is 2.31. The fourth-order valence-electron chi connectivity index (χ4n) is 3.56. The largest absolute Gasteiger partial charge is 0.418 e. The number of urea groups is 1. The number of ketones is 1. The smallest absolute Gasteiger partial charge is 0.347 e. The Hall–Kier alpha value is -1.37. The first-order valence-corrected chi connectivity index (χ1v) is 10.9. The number of nitrogens with one attached hydrogen (secondary N) is 1. The first-order valence-electron chi connectivity index (χ1n) is 8.41. The van der Waals surface area contributed by atoms with E-state index in [-0.39, 0.29) is 24.8 Å². The number of hydroxylamine groups is 2. The van der Waals surface area contributed by atoms with Crippen molar-refractivity contribution in [2.24, 2.45) is 5.92 Å². The number of carbonyl (C=O) groups is 3. The predicted octanol–water partition coefficient (Wildman–Crippen LogP) is -0.182. The third-order valence-electron chi connectivity index (χ3n) is 4.91. The van der Waals surface area contributed by atoms with Gasteiger partial charge in [-0.05, 0) is 37.2 Å². The van der Waals surface area contributed by atoms with Crippen molar-refractivity contribution in [2.75, 3.05) is 24.6 Å². The maximum atomic E-state index is 12.4. The van der Waals surface area contributed by atoms with E-state index >= 15 is 0 Å². The lowest BCUT2D eigenvalue weighted by Gasteiger charge is -2.29. The highest BCUT2D eigenvalue weighted by molar-refractivity contribution is 7.99. The van der Waals surface area contributed by atoms with Crippen LogP contribution in [0, 0.1) is 5.92 Å². The zero-order valence-electron chi connectivity index (χ0n) is 14.0. The average Bonchev–Trinajstić information content (AvgIpc) is 2.84. The summed E-state index contributed by atoms with van der Waals surface area (Å²) in [4.78, 5) is 38.1. The van der Waals surface area contributed by atoms with Crippen LogP contribution in [0.15, 0.2) is 0 Å². The van der Waals surface area contributed by atoms with Crippen molar-refractivity contribution in [1.82, 2.24) is 15.3 Å². The summed E-state index contributed by atoms with van der Waals surface area (Å²) in [6.45, 7) is 0.0571. The molecule has 2 bridgehead atoms. The second-order valence-corrected chi connectivity index (χ2v) is 8.81. The number of hydrogen-bond donors (Lipinski definition) is 2. The van der Waals surface area contributed by atoms with E-state index in [4.69, 9.17) is 4.55 Å². The number of piperidine rings is 1. The Morgan fingerprint density at radius 2 is 1.92 bits per heavy atom. The van der Waals surface area contributed by atoms with Gasteiger partial charge in [0.05, 0.1) is 12.6 Å². The molecule has 26 heavy (non-hydrogen) atoms. The van der Waals surface area contributed by atoms with Gasteiger partial charge in [0.25, 0.3) is 0 Å². The first kappa shape index (κ1) is 19.4. The van der Waals surface area contributed by atoms with Crippen LogP contribution in [-0.4, -0.2) is 77.3 Å². The van der Waals surface area contributed by atoms with E-state index in [0.29, 0.717) is 17.9 Å². The quantitative estimate of drug-likeness (QED) is 0.579. The number of nitrogens with zero attached hydrogens (tertiary/aromatic N) is 2. The molecule has 0 aromatic rings. The van der Waals surface area contributed by atoms with E-state index in [9.17, 15) is 22.8 Å². The molecular weight excluding hydrogens is 386 g/mol. The van der Waals surface area contributed by atoms with Crippen LogP contribution in [-0.2, 0) is 24.3 Å². The molecule has 2 N–H and O–H groups in total. The Labute approximate surface area is 155 Å². The van der Waals surface area contributed by atoms with Crippen LogP contribution in [0.5, 0.6) is 0 Å². The third kappa shape index (κ3) is 4.30. The summed E-state index contributed by atoms with van der Waals surface area (Å²) in [6, 6.07) is -2.13. The van der Waals surface area contributed by atoms with E-state index in [1.165, 1.54) is 4.90 Å². The van der Waals surface area contributed by atoms with E-state index in [0.717, 1.165) is 24.3 Å². The summed E-state index contributed by atoms with van der Waals surface area (Å²) in [5.74, 6) is 1.42. The van der Waals surface area contributed by atoms with Gasteiger partial charge in [0.15, 0.2) is 5.78 Å². The number of hydrogen-bond acceptors (Lipinski definition) is 7. The maximum absolute atomic E-state index is 12.4. The molecule has 0 unspecified atom stereocenters. The van der Waals surface area contributed by atoms with Crippen molar-refractivity contribution in [3.05, 3.63) is 0 Å². The van der Waals surface area contributed by atoms with E-state index in [2.05, 4.69) is 9.60 Å². The fraction of sp³-hybridized carbons (Fsp3) is 0.786. The van der Waals surface area contributed by atoms with Gasteiger partial charge in [-0.1, -0.05) is 0 Å². The Balaban J connectivity index is 1.56. The molecule has 3 fully saturated rings. The summed E-state index contributed by atoms with van der Waals surface area (Å²) in [7, 11) is -4.82. The van der Waals surface area contributed by atoms with Gasteiger partial charge in [0.2, 0.25) is 5.91 Å². The highest BCUT2D eigenvalue weighted by Crippen LogP contribution is 2.30. The number of fused-ring (bicyclic) bond motifs is 2. The molecule has 3 aliphatic rings. The molecule has 3 saturated heterocycles. The number of thioether (sulfide) groups is 1. The lowest BCUT2D eigenvalue weighted by atomic mass is 9.97. The minimum atomic E-state index is -4.82. The first-order chi connectivity index (χ1) is 12.3. The van der Waals surface area contributed by atoms with Gasteiger partial charge in [-0.15, -0.1) is 4.28 Å². The zero-order chi connectivity index (χ0) is 18.9. The maximum Gasteiger partial charge on any atom is 0.418 e. The molecule has 0 aromatic carbocycles. The van der Waals surface area contributed by atoms with E-state index in [1.54, 1.807) is 0 Å². The Kier molecular flexibility index (Phi) is 5.75. The van der Waals surface area contributed by atoms with Gasteiger partial charge in [0.1, 0.15) is 6.04 Å². The molecule has 2 atom stereocenters. The van der Waals surface area contributed by atoms with E-state index in [1.807, 2.05) is 11.8 Å². The molecule has 12 heteroatoms. The van der Waals surface area contributed by atoms with Crippen LogP contribution in [0.1, 0.15) is 25.7 Å². The van der Waals surface area contributed by atoms with Crippen molar-refractivity contribution in [3.63, 3.8) is 0 Å². The second-order valence-electron chi connectivity index (χ2n) is 6.58. The van der Waals surface area contributed by atoms with Crippen molar-refractivity contribution < 1.29 is 31.6 Å². The van der Waals surface area contributed by atoms with Gasteiger partial charge < -0.3 is 10.2 Å². The van der Waals surface area contributed by atoms with E-state index < -0.39 is 34.4 Å². The van der Waals surface area contributed by atoms with Crippen molar-refractivity contribution in [3.8, 4) is 0 Å². The number of carbonyl (C=O) groups excluding carboxylic acids is 3. The molecule has 0 spiro atoms. The Morgan fingerprint density at radius 1 is 1.23 bits per heavy atom. The minimum absolute atomic E-state index is 0.00332. The molecule has 3 heterocycles. The van der Waals surface area contributed by atoms with Crippen LogP contribution in [0.25, 0.3) is 0 Å². The van der Waals surface area contributed by atoms with Crippen molar-refractivity contribution in [2.45, 2.75) is 37.8 Å². The summed E-state index contributed by atoms with van der Waals surface area (Å²) in [5.41, 5.74) is 0. The van der Waals surface area contributed by atoms with Crippen LogP contribution >= 0.6 is 11.8 Å². The third-order valence-corrected chi connectivity index (χ3v) is 6.31. The van der Waals surface area contributed by atoms with Crippen LogP contribution in [0.4, 0.5) is 4.79 Å². The second kappa shape index (κ2) is 7.71. The fourth-order valence-corrected chi connectivity index (χ4v) is 5.05. The lowest BCUT2D eigenvalue weighted by Crippen LogP contribution is -2.51. The predicted molar refractivity (Wildman–Crippen MR) is 91.5 cm³/mol. The van der Waals surface area contributed by atoms with Crippen molar-refractivity contribution in [1.29, 1.82) is 0 Å². The molecule has 3 aliphatic heterocycles. The average molecular weight is 407 g/mol. The van der Waals surface area contributed by atoms with Gasteiger partial charge in [-0.2, -0.15) is 25.2 Å². The monoisotopic (exact) mass is 407 g/mol. The van der Waals surface area contributed by atoms with Gasteiger partial charge >= 0.3 is 16.4 Å². The summed E-state index contributed by atoms with van der Waals surface area (Å²) < 4.78 is 34.8. The molecule has 0 aromatic heterocycles. The molecule has 0 saturated carbocycles. The molecule has 3 rings (SSSR count). The highest BCUT2D eigenvalue weighted by atomic mass is 32.3. The van der Waals surface area contributed by atoms with Crippen LogP contribution in [0.2, 0.25) is 0 Å². The summed E-state index contributed by atoms with van der Waals surface area (Å²) >= 11 is 1.81. The number of Topliss-reactive ketones (excluding diaryl/α,β-unsaturated/α-hetero) is 1. The minimum Gasteiger partial charge on any atom is -0.347 e. The van der Waals surface area contributed by atoms with Crippen LogP contribution < -0.4 is 5.32 Å². The highest BCUT2D eigenvalue weighted by Gasteiger charge is 2.49. The SMILES string of the molecule is O=C(CNC(=O)[C@@H]1CC[C@@H]2CN1C(=O)N2OS(=O)(=O)O)C1CCSCC1. The zero-order valence-corrected chi connectivity index (χ0v) is 15.6. The normalized spacial score (nSPS) is 26.9. The molecule has 3 amide bonds. The molecular formula is C14H21N3O7S2. The van der Waals surface area contributed by atoms with Crippen LogP contribution in [0.3, 0.4) is 0 Å². The number of amides is 3. The number of rotatable bonds is 6. The Morgan fingerprint density at radius 3 is 2.58 bits per heavy atom. The molecule has 146 valence electrons. The lowest BCUT2D eigenvalue weighted by molar-refractivity contribution is -0.130. The van der Waals surface area contributed by atoms with Crippen molar-refractivity contribution >= 4 is 39.9 Å². The van der Waals surface area contributed by atoms with Gasteiger partial charge in [-0.3, -0.25) is 14.1 Å².